The van der Waals surface area contributed by atoms with Gasteiger partial charge in [0.25, 0.3) is 0 Å². The maximum Gasteiger partial charge on any atom is 0.109 e. The van der Waals surface area contributed by atoms with E-state index in [2.05, 4.69) is 41.2 Å². The van der Waals surface area contributed by atoms with E-state index < -0.39 is 0 Å². The van der Waals surface area contributed by atoms with E-state index in [1.807, 2.05) is 0 Å². The summed E-state index contributed by atoms with van der Waals surface area (Å²) in [4.78, 5) is 4.74. The van der Waals surface area contributed by atoms with Crippen molar-refractivity contribution in [2.24, 2.45) is 13.0 Å². The first-order valence-electron chi connectivity index (χ1n) is 6.95. The molecule has 0 aliphatic carbocycles. The molecule has 2 aromatic rings. The minimum absolute atomic E-state index is 0.881. The van der Waals surface area contributed by atoms with Crippen molar-refractivity contribution in [3.8, 4) is 0 Å². The van der Waals surface area contributed by atoms with E-state index in [1.165, 1.54) is 43.7 Å². The van der Waals surface area contributed by atoms with E-state index >= 15 is 0 Å². The molecular formula is C15H21N3. The van der Waals surface area contributed by atoms with Crippen LogP contribution in [-0.4, -0.2) is 22.6 Å². The minimum Gasteiger partial charge on any atom is -0.331 e. The van der Waals surface area contributed by atoms with Crippen molar-refractivity contribution in [3.63, 3.8) is 0 Å². The molecule has 18 heavy (non-hydrogen) atoms. The quantitative estimate of drug-likeness (QED) is 0.897. The first-order valence-corrected chi connectivity index (χ1v) is 6.95. The number of fused-ring (bicyclic) bond motifs is 1. The van der Waals surface area contributed by atoms with Crippen LogP contribution in [-0.2, 0) is 13.5 Å². The fraction of sp³-hybridized carbons (Fsp3) is 0.533. The van der Waals surface area contributed by atoms with Crippen LogP contribution in [0.3, 0.4) is 0 Å². The molecule has 0 radical (unpaired) electrons. The van der Waals surface area contributed by atoms with Crippen LogP contribution in [0.2, 0.25) is 0 Å². The summed E-state index contributed by atoms with van der Waals surface area (Å²) in [6, 6.07) is 8.40. The molecule has 3 rings (SSSR count). The molecule has 1 saturated heterocycles. The molecule has 1 aromatic heterocycles. The largest absolute Gasteiger partial charge is 0.331 e. The van der Waals surface area contributed by atoms with Gasteiger partial charge in [-0.1, -0.05) is 12.1 Å². The van der Waals surface area contributed by atoms with Crippen LogP contribution < -0.4 is 5.32 Å². The molecule has 96 valence electrons. The summed E-state index contributed by atoms with van der Waals surface area (Å²) in [5.41, 5.74) is 2.37. The van der Waals surface area contributed by atoms with E-state index in [9.17, 15) is 0 Å². The molecule has 1 aliphatic rings. The van der Waals surface area contributed by atoms with Gasteiger partial charge >= 0.3 is 0 Å². The molecular weight excluding hydrogens is 222 g/mol. The summed E-state index contributed by atoms with van der Waals surface area (Å²) >= 11 is 0. The topological polar surface area (TPSA) is 29.9 Å². The van der Waals surface area contributed by atoms with Gasteiger partial charge in [0.15, 0.2) is 0 Å². The predicted octanol–water partition coefficient (Wildman–Crippen LogP) is 2.51. The lowest BCUT2D eigenvalue weighted by atomic mass is 9.93. The van der Waals surface area contributed by atoms with Crippen LogP contribution in [0.5, 0.6) is 0 Å². The smallest absolute Gasteiger partial charge is 0.109 e. The third-order valence-electron chi connectivity index (χ3n) is 4.11. The number of rotatable bonds is 3. The Balaban J connectivity index is 1.72. The van der Waals surface area contributed by atoms with Gasteiger partial charge < -0.3 is 9.88 Å². The molecule has 3 nitrogen and oxygen atoms in total. The Bertz CT molecular complexity index is 524. The van der Waals surface area contributed by atoms with E-state index in [0.717, 1.165) is 17.9 Å². The molecule has 0 bridgehead atoms. The average Bonchev–Trinajstić information content (AvgIpc) is 2.75. The number of para-hydroxylation sites is 2. The van der Waals surface area contributed by atoms with Gasteiger partial charge in [0.1, 0.15) is 5.82 Å². The molecule has 1 aromatic carbocycles. The van der Waals surface area contributed by atoms with Crippen molar-refractivity contribution >= 4 is 11.0 Å². The molecule has 0 saturated carbocycles. The highest BCUT2D eigenvalue weighted by atomic mass is 15.1. The summed E-state index contributed by atoms with van der Waals surface area (Å²) < 4.78 is 2.25. The van der Waals surface area contributed by atoms with E-state index in [-0.39, 0.29) is 0 Å². The van der Waals surface area contributed by atoms with Crippen molar-refractivity contribution in [1.82, 2.24) is 14.9 Å². The van der Waals surface area contributed by atoms with Crippen LogP contribution in [0, 0.1) is 5.92 Å². The van der Waals surface area contributed by atoms with Gasteiger partial charge in [-0.2, -0.15) is 0 Å². The highest BCUT2D eigenvalue weighted by Gasteiger charge is 2.14. The number of aryl methyl sites for hydroxylation is 2. The van der Waals surface area contributed by atoms with Gasteiger partial charge in [-0.05, 0) is 50.4 Å². The summed E-state index contributed by atoms with van der Waals surface area (Å²) in [5, 5.41) is 3.42. The molecule has 0 atom stereocenters. The van der Waals surface area contributed by atoms with Gasteiger partial charge in [0.2, 0.25) is 0 Å². The molecule has 1 fully saturated rings. The molecule has 3 heteroatoms. The Kier molecular flexibility index (Phi) is 3.33. The first-order chi connectivity index (χ1) is 8.84. The van der Waals surface area contributed by atoms with Crippen molar-refractivity contribution in [1.29, 1.82) is 0 Å². The predicted molar refractivity (Wildman–Crippen MR) is 74.6 cm³/mol. The maximum absolute atomic E-state index is 4.74. The Labute approximate surface area is 108 Å². The maximum atomic E-state index is 4.74. The Morgan fingerprint density at radius 2 is 2.06 bits per heavy atom. The Hall–Kier alpha value is -1.35. The van der Waals surface area contributed by atoms with Crippen molar-refractivity contribution < 1.29 is 0 Å². The lowest BCUT2D eigenvalue weighted by molar-refractivity contribution is 0.351. The molecule has 2 heterocycles. The number of aromatic nitrogens is 2. The standard InChI is InChI=1S/C15H21N3/c1-18-14-5-3-2-4-13(14)17-15(18)7-6-12-8-10-16-11-9-12/h2-5,12,16H,6-11H2,1H3. The molecule has 0 unspecified atom stereocenters. The van der Waals surface area contributed by atoms with Crippen LogP contribution in [0.1, 0.15) is 25.1 Å². The van der Waals surface area contributed by atoms with Gasteiger partial charge in [-0.25, -0.2) is 4.98 Å². The summed E-state index contributed by atoms with van der Waals surface area (Å²) in [6.07, 6.45) is 5.03. The van der Waals surface area contributed by atoms with Gasteiger partial charge in [0, 0.05) is 13.5 Å². The van der Waals surface area contributed by atoms with Gasteiger partial charge in [-0.3, -0.25) is 0 Å². The highest BCUT2D eigenvalue weighted by molar-refractivity contribution is 5.75. The van der Waals surface area contributed by atoms with Crippen LogP contribution in [0.4, 0.5) is 0 Å². The second-order valence-electron chi connectivity index (χ2n) is 5.31. The second kappa shape index (κ2) is 5.11. The second-order valence-corrected chi connectivity index (χ2v) is 5.31. The number of hydrogen-bond acceptors (Lipinski definition) is 2. The number of nitrogens with one attached hydrogen (secondary N) is 1. The van der Waals surface area contributed by atoms with Crippen molar-refractivity contribution in [2.75, 3.05) is 13.1 Å². The molecule has 1 N–H and O–H groups in total. The number of nitrogens with zero attached hydrogens (tertiary/aromatic N) is 2. The average molecular weight is 243 g/mol. The van der Waals surface area contributed by atoms with Gasteiger partial charge in [-0.15, -0.1) is 0 Å². The van der Waals surface area contributed by atoms with E-state index in [4.69, 9.17) is 4.98 Å². The zero-order valence-electron chi connectivity index (χ0n) is 11.0. The van der Waals surface area contributed by atoms with Crippen LogP contribution >= 0.6 is 0 Å². The zero-order valence-corrected chi connectivity index (χ0v) is 11.0. The minimum atomic E-state index is 0.881. The van der Waals surface area contributed by atoms with E-state index in [0.29, 0.717) is 0 Å². The number of hydrogen-bond donors (Lipinski definition) is 1. The Morgan fingerprint density at radius 3 is 2.83 bits per heavy atom. The van der Waals surface area contributed by atoms with Gasteiger partial charge in [0.05, 0.1) is 11.0 Å². The fourth-order valence-corrected chi connectivity index (χ4v) is 2.92. The van der Waals surface area contributed by atoms with Crippen molar-refractivity contribution in [2.45, 2.75) is 25.7 Å². The summed E-state index contributed by atoms with van der Waals surface area (Å²) in [5.74, 6) is 2.11. The normalized spacial score (nSPS) is 17.4. The Morgan fingerprint density at radius 1 is 1.28 bits per heavy atom. The number of piperidine rings is 1. The van der Waals surface area contributed by atoms with Crippen molar-refractivity contribution in [3.05, 3.63) is 30.1 Å². The lowest BCUT2D eigenvalue weighted by Gasteiger charge is -2.22. The monoisotopic (exact) mass is 243 g/mol. The summed E-state index contributed by atoms with van der Waals surface area (Å²) in [6.45, 7) is 2.38. The van der Waals surface area contributed by atoms with Crippen LogP contribution in [0.25, 0.3) is 11.0 Å². The van der Waals surface area contributed by atoms with E-state index in [1.54, 1.807) is 0 Å². The fourth-order valence-electron chi connectivity index (χ4n) is 2.92. The SMILES string of the molecule is Cn1c(CCC2CCNCC2)nc2ccccc21. The number of imidazole rings is 1. The molecule has 0 spiro atoms. The number of benzene rings is 1. The first kappa shape index (κ1) is 11.7. The lowest BCUT2D eigenvalue weighted by Crippen LogP contribution is -2.28. The molecule has 0 amide bonds. The highest BCUT2D eigenvalue weighted by Crippen LogP contribution is 2.20. The molecule has 1 aliphatic heterocycles. The third-order valence-corrected chi connectivity index (χ3v) is 4.11. The zero-order chi connectivity index (χ0) is 12.4. The summed E-state index contributed by atoms with van der Waals surface area (Å²) in [7, 11) is 2.13. The third kappa shape index (κ3) is 2.27. The van der Waals surface area contributed by atoms with Crippen LogP contribution in [0.15, 0.2) is 24.3 Å².